The first-order chi connectivity index (χ1) is 13.0. The molecular weight excluding hydrogens is 344 g/mol. The molecule has 3 rings (SSSR count). The van der Waals surface area contributed by atoms with E-state index in [0.717, 1.165) is 31.4 Å². The van der Waals surface area contributed by atoms with E-state index in [9.17, 15) is 0 Å². The second-order valence-corrected chi connectivity index (χ2v) is 8.02. The fourth-order valence-electron chi connectivity index (χ4n) is 4.83. The van der Waals surface area contributed by atoms with Gasteiger partial charge in [0.2, 0.25) is 5.75 Å². The van der Waals surface area contributed by atoms with Gasteiger partial charge in [0, 0.05) is 12.8 Å². The van der Waals surface area contributed by atoms with E-state index in [1.165, 1.54) is 31.5 Å². The highest BCUT2D eigenvalue weighted by Crippen LogP contribution is 2.39. The Morgan fingerprint density at radius 3 is 2.11 bits per heavy atom. The fourth-order valence-corrected chi connectivity index (χ4v) is 4.83. The summed E-state index contributed by atoms with van der Waals surface area (Å²) in [7, 11) is 5.02. The molecule has 1 aromatic carbocycles. The number of hydrogen-bond donors (Lipinski definition) is 2. The molecule has 6 nitrogen and oxygen atoms in total. The van der Waals surface area contributed by atoms with Crippen LogP contribution in [0, 0.1) is 0 Å². The molecule has 0 unspecified atom stereocenters. The third-order valence-corrected chi connectivity index (χ3v) is 6.06. The highest BCUT2D eigenvalue weighted by atomic mass is 16.5. The molecular formula is C21H36N2O4+2. The Morgan fingerprint density at radius 1 is 0.926 bits per heavy atom. The zero-order valence-corrected chi connectivity index (χ0v) is 17.5. The van der Waals surface area contributed by atoms with Gasteiger partial charge in [0.05, 0.1) is 46.0 Å². The van der Waals surface area contributed by atoms with E-state index in [2.05, 4.69) is 19.9 Å². The number of benzene rings is 1. The third-order valence-electron chi connectivity index (χ3n) is 6.06. The molecule has 0 bridgehead atoms. The van der Waals surface area contributed by atoms with E-state index in [1.807, 2.05) is 6.07 Å². The Bertz CT molecular complexity index is 606. The lowest BCUT2D eigenvalue weighted by atomic mass is 10.0. The normalized spacial score (nSPS) is 31.4. The molecule has 27 heavy (non-hydrogen) atoms. The number of ether oxygens (including phenoxy) is 4. The zero-order chi connectivity index (χ0) is 19.4. The van der Waals surface area contributed by atoms with Crippen LogP contribution in [0.15, 0.2) is 12.1 Å². The van der Waals surface area contributed by atoms with Gasteiger partial charge in [-0.3, -0.25) is 0 Å². The van der Waals surface area contributed by atoms with Gasteiger partial charge in [0.15, 0.2) is 11.5 Å². The lowest BCUT2D eigenvalue weighted by Gasteiger charge is -2.39. The highest BCUT2D eigenvalue weighted by molar-refractivity contribution is 5.55. The first-order valence-corrected chi connectivity index (χ1v) is 10.2. The molecule has 0 aromatic heterocycles. The predicted molar refractivity (Wildman–Crippen MR) is 104 cm³/mol. The number of piperidine rings is 1. The second-order valence-electron chi connectivity index (χ2n) is 8.02. The lowest BCUT2D eigenvalue weighted by Crippen LogP contribution is -3.22. The van der Waals surface area contributed by atoms with Crippen LogP contribution in [-0.2, 0) is 11.3 Å². The van der Waals surface area contributed by atoms with E-state index in [1.54, 1.807) is 31.1 Å². The van der Waals surface area contributed by atoms with Crippen molar-refractivity contribution in [3.05, 3.63) is 17.7 Å². The molecule has 0 amide bonds. The number of rotatable bonds is 6. The average molecular weight is 381 g/mol. The monoisotopic (exact) mass is 380 g/mol. The van der Waals surface area contributed by atoms with Gasteiger partial charge in [0.25, 0.3) is 0 Å². The first-order valence-electron chi connectivity index (χ1n) is 10.2. The van der Waals surface area contributed by atoms with Gasteiger partial charge in [-0.15, -0.1) is 0 Å². The Labute approximate surface area is 163 Å². The third kappa shape index (κ3) is 4.68. The molecule has 0 radical (unpaired) electrons. The van der Waals surface area contributed by atoms with Crippen LogP contribution < -0.4 is 24.0 Å². The first kappa shape index (κ1) is 20.2. The Kier molecular flexibility index (Phi) is 6.84. The van der Waals surface area contributed by atoms with E-state index in [4.69, 9.17) is 18.9 Å². The number of hydrogen-bond acceptors (Lipinski definition) is 4. The molecule has 2 saturated heterocycles. The van der Waals surface area contributed by atoms with E-state index < -0.39 is 0 Å². The molecule has 0 saturated carbocycles. The topological polar surface area (TPSA) is 45.8 Å². The van der Waals surface area contributed by atoms with Gasteiger partial charge in [-0.25, -0.2) is 0 Å². The Hall–Kier alpha value is -1.50. The predicted octanol–water partition coefficient (Wildman–Crippen LogP) is -0.0482. The Balaban J connectivity index is 1.61. The van der Waals surface area contributed by atoms with Gasteiger partial charge < -0.3 is 28.7 Å². The van der Waals surface area contributed by atoms with E-state index >= 15 is 0 Å². The SMILES string of the molecule is COc1ccc(C[NH+]2CCC([NH+]3C[C@@H](C)O[C@H](C)C3)CC2)c(OC)c1OC. The molecule has 2 N–H and O–H groups in total. The average Bonchev–Trinajstić information content (AvgIpc) is 2.67. The van der Waals surface area contributed by atoms with Gasteiger partial charge in [-0.2, -0.15) is 0 Å². The summed E-state index contributed by atoms with van der Waals surface area (Å²) in [6.45, 7) is 10.1. The molecule has 0 spiro atoms. The molecule has 2 aliphatic rings. The van der Waals surface area contributed by atoms with Crippen LogP contribution in [0.5, 0.6) is 17.2 Å². The van der Waals surface area contributed by atoms with E-state index in [-0.39, 0.29) is 0 Å². The number of methoxy groups -OCH3 is 3. The second kappa shape index (κ2) is 9.13. The van der Waals surface area contributed by atoms with Gasteiger partial charge in [-0.1, -0.05) is 0 Å². The molecule has 2 atom stereocenters. The summed E-state index contributed by atoms with van der Waals surface area (Å²) in [4.78, 5) is 3.36. The van der Waals surface area contributed by atoms with Crippen LogP contribution in [0.3, 0.4) is 0 Å². The van der Waals surface area contributed by atoms with Crippen LogP contribution in [-0.4, -0.2) is 65.8 Å². The van der Waals surface area contributed by atoms with Gasteiger partial charge >= 0.3 is 0 Å². The van der Waals surface area contributed by atoms with Crippen molar-refractivity contribution >= 4 is 0 Å². The zero-order valence-electron chi connectivity index (χ0n) is 17.5. The largest absolute Gasteiger partial charge is 0.493 e. The maximum atomic E-state index is 5.91. The minimum Gasteiger partial charge on any atom is -0.493 e. The van der Waals surface area contributed by atoms with Crippen LogP contribution in [0.25, 0.3) is 0 Å². The van der Waals surface area contributed by atoms with Crippen molar-refractivity contribution < 1.29 is 28.7 Å². The van der Waals surface area contributed by atoms with Crippen molar-refractivity contribution in [2.24, 2.45) is 0 Å². The van der Waals surface area contributed by atoms with Crippen LogP contribution >= 0.6 is 0 Å². The number of morpholine rings is 1. The number of quaternary nitrogens is 2. The minimum absolute atomic E-state index is 0.380. The van der Waals surface area contributed by atoms with Crippen molar-refractivity contribution in [3.63, 3.8) is 0 Å². The molecule has 2 aliphatic heterocycles. The van der Waals surface area contributed by atoms with Crippen molar-refractivity contribution in [3.8, 4) is 17.2 Å². The van der Waals surface area contributed by atoms with Crippen molar-refractivity contribution in [2.75, 3.05) is 47.5 Å². The fraction of sp³-hybridized carbons (Fsp3) is 0.714. The standard InChI is InChI=1S/C21H34N2O4/c1-15-12-23(13-16(2)27-15)18-8-10-22(11-9-18)14-17-6-7-19(24-3)21(26-5)20(17)25-4/h6-7,15-16,18H,8-14H2,1-5H3/p+2/t15-,16-/m1/s1. The quantitative estimate of drug-likeness (QED) is 0.727. The van der Waals surface area contributed by atoms with Crippen molar-refractivity contribution in [1.29, 1.82) is 0 Å². The van der Waals surface area contributed by atoms with Crippen molar-refractivity contribution in [1.82, 2.24) is 0 Å². The summed E-state index contributed by atoms with van der Waals surface area (Å²) in [6.07, 6.45) is 3.31. The molecule has 2 heterocycles. The lowest BCUT2D eigenvalue weighted by molar-refractivity contribution is -0.970. The van der Waals surface area contributed by atoms with Crippen LogP contribution in [0.4, 0.5) is 0 Å². The highest BCUT2D eigenvalue weighted by Gasteiger charge is 2.35. The number of likely N-dealkylation sites (tertiary alicyclic amines) is 1. The molecule has 0 aliphatic carbocycles. The molecule has 152 valence electrons. The minimum atomic E-state index is 0.380. The van der Waals surface area contributed by atoms with E-state index in [0.29, 0.717) is 23.7 Å². The summed E-state index contributed by atoms with van der Waals surface area (Å²) >= 11 is 0. The Morgan fingerprint density at radius 2 is 1.56 bits per heavy atom. The maximum absolute atomic E-state index is 5.91. The maximum Gasteiger partial charge on any atom is 0.203 e. The summed E-state index contributed by atoms with van der Waals surface area (Å²) in [5.74, 6) is 2.20. The summed E-state index contributed by atoms with van der Waals surface area (Å²) < 4.78 is 22.5. The molecule has 1 aromatic rings. The molecule has 2 fully saturated rings. The van der Waals surface area contributed by atoms with Gasteiger partial charge in [-0.05, 0) is 26.0 Å². The van der Waals surface area contributed by atoms with Crippen molar-refractivity contribution in [2.45, 2.75) is 51.5 Å². The molecule has 6 heteroatoms. The smallest absolute Gasteiger partial charge is 0.203 e. The van der Waals surface area contributed by atoms with Crippen LogP contribution in [0.1, 0.15) is 32.3 Å². The number of nitrogens with one attached hydrogen (secondary N) is 2. The summed E-state index contributed by atoms with van der Waals surface area (Å²) in [5, 5.41) is 0. The summed E-state index contributed by atoms with van der Waals surface area (Å²) in [5.41, 5.74) is 1.18. The van der Waals surface area contributed by atoms with Gasteiger partial charge in [0.1, 0.15) is 31.8 Å². The van der Waals surface area contributed by atoms with Crippen LogP contribution in [0.2, 0.25) is 0 Å². The summed E-state index contributed by atoms with van der Waals surface area (Å²) in [6, 6.07) is 4.86.